The molecule has 0 amide bonds. The van der Waals surface area contributed by atoms with Crippen LogP contribution in [0.4, 0.5) is 0 Å². The standard InChI is InChI=1S/C11H17NO/c1-8(2)11-5-4-10(13-7-12)6-9(11)3/h4-6,8H,7,12H2,1-3H3. The zero-order valence-corrected chi connectivity index (χ0v) is 8.50. The normalized spacial score (nSPS) is 10.5. The van der Waals surface area contributed by atoms with Crippen molar-refractivity contribution in [1.29, 1.82) is 0 Å². The minimum atomic E-state index is 0.237. The number of rotatable bonds is 3. The summed E-state index contributed by atoms with van der Waals surface area (Å²) in [6.45, 7) is 6.71. The lowest BCUT2D eigenvalue weighted by molar-refractivity contribution is 0.329. The summed E-state index contributed by atoms with van der Waals surface area (Å²) in [7, 11) is 0. The van der Waals surface area contributed by atoms with Crippen LogP contribution in [0.3, 0.4) is 0 Å². The predicted octanol–water partition coefficient (Wildman–Crippen LogP) is 2.41. The summed E-state index contributed by atoms with van der Waals surface area (Å²) in [5.74, 6) is 1.41. The van der Waals surface area contributed by atoms with E-state index in [1.54, 1.807) is 0 Å². The SMILES string of the molecule is Cc1cc(OCN)ccc1C(C)C. The highest BCUT2D eigenvalue weighted by atomic mass is 16.5. The first-order valence-electron chi connectivity index (χ1n) is 4.58. The first kappa shape index (κ1) is 10.1. The Balaban J connectivity index is 2.92. The molecule has 13 heavy (non-hydrogen) atoms. The van der Waals surface area contributed by atoms with Gasteiger partial charge in [0.25, 0.3) is 0 Å². The molecule has 0 radical (unpaired) electrons. The molecule has 0 aliphatic carbocycles. The summed E-state index contributed by atoms with van der Waals surface area (Å²) in [5.41, 5.74) is 7.92. The van der Waals surface area contributed by atoms with Crippen LogP contribution in [0.15, 0.2) is 18.2 Å². The molecule has 2 heteroatoms. The number of nitrogens with two attached hydrogens (primary N) is 1. The molecule has 1 aromatic carbocycles. The Morgan fingerprint density at radius 2 is 2.08 bits per heavy atom. The van der Waals surface area contributed by atoms with Gasteiger partial charge in [-0.1, -0.05) is 19.9 Å². The highest BCUT2D eigenvalue weighted by molar-refractivity contribution is 5.36. The fraction of sp³-hybridized carbons (Fsp3) is 0.455. The van der Waals surface area contributed by atoms with Crippen LogP contribution in [0.25, 0.3) is 0 Å². The molecule has 72 valence electrons. The van der Waals surface area contributed by atoms with Crippen molar-refractivity contribution >= 4 is 0 Å². The average molecular weight is 179 g/mol. The molecule has 1 rings (SSSR count). The minimum Gasteiger partial charge on any atom is -0.479 e. The van der Waals surface area contributed by atoms with Crippen molar-refractivity contribution in [1.82, 2.24) is 0 Å². The van der Waals surface area contributed by atoms with Crippen molar-refractivity contribution in [2.24, 2.45) is 5.73 Å². The molecule has 0 saturated carbocycles. The lowest BCUT2D eigenvalue weighted by Crippen LogP contribution is -2.07. The van der Waals surface area contributed by atoms with Gasteiger partial charge in [0.15, 0.2) is 0 Å². The Morgan fingerprint density at radius 1 is 1.38 bits per heavy atom. The largest absolute Gasteiger partial charge is 0.479 e. The first-order chi connectivity index (χ1) is 6.15. The van der Waals surface area contributed by atoms with Gasteiger partial charge in [-0.05, 0) is 36.1 Å². The van der Waals surface area contributed by atoms with Gasteiger partial charge in [-0.15, -0.1) is 0 Å². The van der Waals surface area contributed by atoms with E-state index in [1.165, 1.54) is 11.1 Å². The van der Waals surface area contributed by atoms with Crippen molar-refractivity contribution in [2.45, 2.75) is 26.7 Å². The Kier molecular flexibility index (Phi) is 3.32. The van der Waals surface area contributed by atoms with Crippen LogP contribution in [0, 0.1) is 6.92 Å². The molecule has 0 spiro atoms. The summed E-state index contributed by atoms with van der Waals surface area (Å²) in [4.78, 5) is 0. The molecule has 2 N–H and O–H groups in total. The van der Waals surface area contributed by atoms with E-state index in [9.17, 15) is 0 Å². The summed E-state index contributed by atoms with van der Waals surface area (Å²) >= 11 is 0. The fourth-order valence-corrected chi connectivity index (χ4v) is 1.48. The maximum Gasteiger partial charge on any atom is 0.137 e. The van der Waals surface area contributed by atoms with E-state index in [0.717, 1.165) is 5.75 Å². The predicted molar refractivity (Wildman–Crippen MR) is 55.0 cm³/mol. The van der Waals surface area contributed by atoms with Crippen molar-refractivity contribution < 1.29 is 4.74 Å². The fourth-order valence-electron chi connectivity index (χ4n) is 1.48. The lowest BCUT2D eigenvalue weighted by atomic mass is 9.98. The highest BCUT2D eigenvalue weighted by Gasteiger charge is 2.03. The number of hydrogen-bond acceptors (Lipinski definition) is 2. The number of benzene rings is 1. The molecule has 0 heterocycles. The second-order valence-electron chi connectivity index (χ2n) is 3.48. The van der Waals surface area contributed by atoms with E-state index >= 15 is 0 Å². The number of aryl methyl sites for hydroxylation is 1. The second kappa shape index (κ2) is 4.28. The van der Waals surface area contributed by atoms with Gasteiger partial charge in [0, 0.05) is 0 Å². The quantitative estimate of drug-likeness (QED) is 0.723. The molecule has 0 aliphatic rings. The molecule has 0 bridgehead atoms. The molecule has 0 saturated heterocycles. The number of ether oxygens (including phenoxy) is 1. The third-order valence-corrected chi connectivity index (χ3v) is 2.11. The maximum absolute atomic E-state index is 5.29. The molecule has 0 aliphatic heterocycles. The molecule has 0 fully saturated rings. The Morgan fingerprint density at radius 3 is 2.54 bits per heavy atom. The van der Waals surface area contributed by atoms with E-state index in [1.807, 2.05) is 12.1 Å². The second-order valence-corrected chi connectivity index (χ2v) is 3.48. The van der Waals surface area contributed by atoms with E-state index < -0.39 is 0 Å². The van der Waals surface area contributed by atoms with Gasteiger partial charge in [-0.25, -0.2) is 0 Å². The zero-order valence-electron chi connectivity index (χ0n) is 8.50. The van der Waals surface area contributed by atoms with Gasteiger partial charge in [0.05, 0.1) is 0 Å². The van der Waals surface area contributed by atoms with Crippen LogP contribution in [-0.2, 0) is 0 Å². The van der Waals surface area contributed by atoms with Gasteiger partial charge in [-0.2, -0.15) is 0 Å². The lowest BCUT2D eigenvalue weighted by Gasteiger charge is -2.11. The molecule has 1 aromatic rings. The molecule has 0 aromatic heterocycles. The van der Waals surface area contributed by atoms with Crippen LogP contribution in [0.1, 0.15) is 30.9 Å². The van der Waals surface area contributed by atoms with E-state index in [-0.39, 0.29) is 6.73 Å². The Hall–Kier alpha value is -1.02. The Bertz CT molecular complexity index is 281. The van der Waals surface area contributed by atoms with Crippen molar-refractivity contribution in [2.75, 3.05) is 6.73 Å². The van der Waals surface area contributed by atoms with Gasteiger partial charge in [-0.3, -0.25) is 5.73 Å². The van der Waals surface area contributed by atoms with Gasteiger partial charge >= 0.3 is 0 Å². The third-order valence-electron chi connectivity index (χ3n) is 2.11. The monoisotopic (exact) mass is 179 g/mol. The summed E-state index contributed by atoms with van der Waals surface area (Å²) in [6.07, 6.45) is 0. The average Bonchev–Trinajstić information content (AvgIpc) is 2.04. The first-order valence-corrected chi connectivity index (χ1v) is 4.58. The van der Waals surface area contributed by atoms with Crippen molar-refractivity contribution in [3.05, 3.63) is 29.3 Å². The summed E-state index contributed by atoms with van der Waals surface area (Å²) in [6, 6.07) is 6.10. The van der Waals surface area contributed by atoms with Gasteiger partial charge < -0.3 is 4.74 Å². The molecular formula is C11H17NO. The number of hydrogen-bond donors (Lipinski definition) is 1. The molecular weight excluding hydrogens is 162 g/mol. The van der Waals surface area contributed by atoms with Crippen LogP contribution < -0.4 is 10.5 Å². The van der Waals surface area contributed by atoms with Crippen LogP contribution in [0.5, 0.6) is 5.75 Å². The van der Waals surface area contributed by atoms with Crippen molar-refractivity contribution in [3.63, 3.8) is 0 Å². The minimum absolute atomic E-state index is 0.237. The van der Waals surface area contributed by atoms with E-state index in [4.69, 9.17) is 10.5 Å². The van der Waals surface area contributed by atoms with E-state index in [0.29, 0.717) is 5.92 Å². The highest BCUT2D eigenvalue weighted by Crippen LogP contribution is 2.23. The van der Waals surface area contributed by atoms with Gasteiger partial charge in [0.1, 0.15) is 12.5 Å². The Labute approximate surface area is 79.7 Å². The van der Waals surface area contributed by atoms with Crippen LogP contribution >= 0.6 is 0 Å². The van der Waals surface area contributed by atoms with Crippen LogP contribution in [-0.4, -0.2) is 6.73 Å². The summed E-state index contributed by atoms with van der Waals surface area (Å²) in [5, 5.41) is 0. The third kappa shape index (κ3) is 2.46. The topological polar surface area (TPSA) is 35.2 Å². The van der Waals surface area contributed by atoms with Crippen LogP contribution in [0.2, 0.25) is 0 Å². The van der Waals surface area contributed by atoms with Crippen molar-refractivity contribution in [3.8, 4) is 5.75 Å². The van der Waals surface area contributed by atoms with Gasteiger partial charge in [0.2, 0.25) is 0 Å². The summed E-state index contributed by atoms with van der Waals surface area (Å²) < 4.78 is 5.20. The molecule has 2 nitrogen and oxygen atoms in total. The smallest absolute Gasteiger partial charge is 0.137 e. The molecule has 0 atom stereocenters. The van der Waals surface area contributed by atoms with E-state index in [2.05, 4.69) is 26.8 Å². The zero-order chi connectivity index (χ0) is 9.84. The molecule has 0 unspecified atom stereocenters. The maximum atomic E-state index is 5.29.